The molecule has 2 fully saturated rings. The van der Waals surface area contributed by atoms with Gasteiger partial charge in [-0.15, -0.1) is 24.0 Å². The molecule has 30 heavy (non-hydrogen) atoms. The molecule has 1 heterocycles. The third-order valence-electron chi connectivity index (χ3n) is 5.95. The number of ether oxygens (including phenoxy) is 2. The minimum absolute atomic E-state index is 0. The first-order chi connectivity index (χ1) is 14.1. The number of piperazine rings is 1. The number of methoxy groups -OCH3 is 2. The second-order valence-corrected chi connectivity index (χ2v) is 8.04. The van der Waals surface area contributed by atoms with E-state index in [0.29, 0.717) is 6.54 Å². The van der Waals surface area contributed by atoms with Crippen LogP contribution in [0.3, 0.4) is 0 Å². The van der Waals surface area contributed by atoms with Gasteiger partial charge in [0.25, 0.3) is 0 Å². The summed E-state index contributed by atoms with van der Waals surface area (Å²) in [7, 11) is 3.40. The van der Waals surface area contributed by atoms with Gasteiger partial charge in [-0.25, -0.2) is 0 Å². The summed E-state index contributed by atoms with van der Waals surface area (Å²) in [6.07, 6.45) is 3.95. The van der Waals surface area contributed by atoms with E-state index >= 15 is 0 Å². The molecule has 0 spiro atoms. The van der Waals surface area contributed by atoms with Crippen LogP contribution >= 0.6 is 24.0 Å². The van der Waals surface area contributed by atoms with Crippen LogP contribution in [0.15, 0.2) is 23.2 Å². The molecule has 2 aliphatic rings. The summed E-state index contributed by atoms with van der Waals surface area (Å²) in [6.45, 7) is 7.99. The van der Waals surface area contributed by atoms with Gasteiger partial charge < -0.3 is 24.8 Å². The number of halogens is 1. The van der Waals surface area contributed by atoms with E-state index in [2.05, 4.69) is 28.1 Å². The molecule has 0 amide bonds. The average Bonchev–Trinajstić information content (AvgIpc) is 3.18. The topological polar surface area (TPSA) is 69.6 Å². The van der Waals surface area contributed by atoms with Crippen molar-refractivity contribution in [3.05, 3.63) is 23.8 Å². The molecule has 0 bridgehead atoms. The van der Waals surface area contributed by atoms with Gasteiger partial charge in [0, 0.05) is 44.8 Å². The number of aliphatic imine (C=N–C) groups is 1. The van der Waals surface area contributed by atoms with Crippen LogP contribution in [0.5, 0.6) is 11.5 Å². The van der Waals surface area contributed by atoms with Crippen molar-refractivity contribution >= 4 is 29.9 Å². The minimum atomic E-state index is -0.606. The van der Waals surface area contributed by atoms with Gasteiger partial charge in [0.2, 0.25) is 0 Å². The van der Waals surface area contributed by atoms with E-state index in [0.717, 1.165) is 88.0 Å². The maximum atomic E-state index is 10.6. The third kappa shape index (κ3) is 6.62. The van der Waals surface area contributed by atoms with Crippen LogP contribution in [-0.4, -0.2) is 80.0 Å². The zero-order valence-corrected chi connectivity index (χ0v) is 20.9. The summed E-state index contributed by atoms with van der Waals surface area (Å²) >= 11 is 0. The molecule has 1 aliphatic carbocycles. The number of hydrogen-bond donors (Lipinski definition) is 2. The quantitative estimate of drug-likeness (QED) is 0.320. The van der Waals surface area contributed by atoms with Crippen LogP contribution in [-0.2, 0) is 6.54 Å². The summed E-state index contributed by atoms with van der Waals surface area (Å²) in [5, 5.41) is 14.0. The maximum absolute atomic E-state index is 10.6. The fourth-order valence-electron chi connectivity index (χ4n) is 4.20. The standard InChI is InChI=1S/C22H36N4O3.HI/c1-4-23-21(24-17-22(27)9-5-6-10-22)26-13-11-25(12-14-26)16-18-15-19(28-2)7-8-20(18)29-3;/h7-8,15,27H,4-6,9-14,16-17H2,1-3H3,(H,23,24);1H. The molecule has 1 saturated heterocycles. The third-order valence-corrected chi connectivity index (χ3v) is 5.95. The normalized spacial score (nSPS) is 19.3. The van der Waals surface area contributed by atoms with Crippen LogP contribution in [0.4, 0.5) is 0 Å². The largest absolute Gasteiger partial charge is 0.497 e. The van der Waals surface area contributed by atoms with Crippen molar-refractivity contribution in [3.8, 4) is 11.5 Å². The maximum Gasteiger partial charge on any atom is 0.194 e. The van der Waals surface area contributed by atoms with Crippen molar-refractivity contribution in [2.24, 2.45) is 4.99 Å². The van der Waals surface area contributed by atoms with E-state index in [9.17, 15) is 5.11 Å². The number of aliphatic hydroxyl groups is 1. The van der Waals surface area contributed by atoms with E-state index < -0.39 is 5.60 Å². The van der Waals surface area contributed by atoms with Gasteiger partial charge in [-0.05, 0) is 38.0 Å². The van der Waals surface area contributed by atoms with E-state index in [4.69, 9.17) is 14.5 Å². The molecule has 0 aromatic heterocycles. The Labute approximate surface area is 197 Å². The summed E-state index contributed by atoms with van der Waals surface area (Å²) in [5.41, 5.74) is 0.537. The zero-order valence-electron chi connectivity index (χ0n) is 18.5. The number of hydrogen-bond acceptors (Lipinski definition) is 5. The molecule has 1 aliphatic heterocycles. The second kappa shape index (κ2) is 12.0. The Bertz CT molecular complexity index is 687. The van der Waals surface area contributed by atoms with Crippen molar-refractivity contribution < 1.29 is 14.6 Å². The van der Waals surface area contributed by atoms with Crippen molar-refractivity contribution in [2.75, 3.05) is 53.5 Å². The lowest BCUT2D eigenvalue weighted by Gasteiger charge is -2.37. The lowest BCUT2D eigenvalue weighted by Crippen LogP contribution is -2.52. The molecule has 3 rings (SSSR count). The molecule has 8 heteroatoms. The van der Waals surface area contributed by atoms with Crippen LogP contribution in [0.25, 0.3) is 0 Å². The molecule has 0 radical (unpaired) electrons. The highest BCUT2D eigenvalue weighted by molar-refractivity contribution is 14.0. The Morgan fingerprint density at radius 2 is 1.83 bits per heavy atom. The average molecular weight is 532 g/mol. The number of benzene rings is 1. The Hall–Kier alpha value is -1.26. The monoisotopic (exact) mass is 532 g/mol. The van der Waals surface area contributed by atoms with Crippen molar-refractivity contribution in [3.63, 3.8) is 0 Å². The Balaban J connectivity index is 0.00000320. The minimum Gasteiger partial charge on any atom is -0.497 e. The van der Waals surface area contributed by atoms with Crippen LogP contribution in [0.1, 0.15) is 38.2 Å². The summed E-state index contributed by atoms with van der Waals surface area (Å²) in [5.74, 6) is 2.67. The molecule has 1 saturated carbocycles. The SMILES string of the molecule is CCNC(=NCC1(O)CCCC1)N1CCN(Cc2cc(OC)ccc2OC)CC1.I. The highest BCUT2D eigenvalue weighted by atomic mass is 127. The van der Waals surface area contributed by atoms with Crippen LogP contribution < -0.4 is 14.8 Å². The molecule has 1 aromatic carbocycles. The van der Waals surface area contributed by atoms with Gasteiger partial charge in [-0.3, -0.25) is 9.89 Å². The number of nitrogens with zero attached hydrogens (tertiary/aromatic N) is 3. The van der Waals surface area contributed by atoms with Gasteiger partial charge in [0.1, 0.15) is 11.5 Å². The predicted molar refractivity (Wildman–Crippen MR) is 131 cm³/mol. The summed E-state index contributed by atoms with van der Waals surface area (Å²) in [4.78, 5) is 9.52. The molecule has 2 N–H and O–H groups in total. The van der Waals surface area contributed by atoms with Gasteiger partial charge in [0.05, 0.1) is 26.4 Å². The highest BCUT2D eigenvalue weighted by Crippen LogP contribution is 2.29. The first-order valence-corrected chi connectivity index (χ1v) is 10.8. The van der Waals surface area contributed by atoms with Crippen molar-refractivity contribution in [1.29, 1.82) is 0 Å². The predicted octanol–water partition coefficient (Wildman–Crippen LogP) is 2.71. The fraction of sp³-hybridized carbons (Fsp3) is 0.682. The number of nitrogens with one attached hydrogen (secondary N) is 1. The molecule has 7 nitrogen and oxygen atoms in total. The molecule has 0 atom stereocenters. The molecular weight excluding hydrogens is 495 g/mol. The lowest BCUT2D eigenvalue weighted by molar-refractivity contribution is 0.0569. The lowest BCUT2D eigenvalue weighted by atomic mass is 10.0. The van der Waals surface area contributed by atoms with E-state index in [1.807, 2.05) is 12.1 Å². The zero-order chi connectivity index (χ0) is 20.7. The Kier molecular flexibility index (Phi) is 9.96. The summed E-state index contributed by atoms with van der Waals surface area (Å²) < 4.78 is 10.9. The highest BCUT2D eigenvalue weighted by Gasteiger charge is 2.31. The molecule has 170 valence electrons. The van der Waals surface area contributed by atoms with Crippen LogP contribution in [0.2, 0.25) is 0 Å². The van der Waals surface area contributed by atoms with E-state index in [1.165, 1.54) is 0 Å². The first-order valence-electron chi connectivity index (χ1n) is 10.8. The van der Waals surface area contributed by atoms with Crippen molar-refractivity contribution in [1.82, 2.24) is 15.1 Å². The van der Waals surface area contributed by atoms with Gasteiger partial charge in [-0.2, -0.15) is 0 Å². The second-order valence-electron chi connectivity index (χ2n) is 8.04. The smallest absolute Gasteiger partial charge is 0.194 e. The fourth-order valence-corrected chi connectivity index (χ4v) is 4.20. The first kappa shape index (κ1) is 25.0. The Morgan fingerprint density at radius 1 is 1.13 bits per heavy atom. The summed E-state index contributed by atoms with van der Waals surface area (Å²) in [6, 6.07) is 5.95. The number of guanidine groups is 1. The molecule has 1 aromatic rings. The van der Waals surface area contributed by atoms with E-state index in [1.54, 1.807) is 14.2 Å². The van der Waals surface area contributed by atoms with Gasteiger partial charge >= 0.3 is 0 Å². The number of rotatable bonds is 7. The molecular formula is C22H37IN4O3. The Morgan fingerprint density at radius 3 is 2.43 bits per heavy atom. The van der Waals surface area contributed by atoms with Crippen molar-refractivity contribution in [2.45, 2.75) is 44.8 Å². The molecule has 0 unspecified atom stereocenters. The van der Waals surface area contributed by atoms with Crippen LogP contribution in [0, 0.1) is 0 Å². The van der Waals surface area contributed by atoms with E-state index in [-0.39, 0.29) is 24.0 Å². The van der Waals surface area contributed by atoms with Gasteiger partial charge in [0.15, 0.2) is 5.96 Å². The van der Waals surface area contributed by atoms with Gasteiger partial charge in [-0.1, -0.05) is 12.8 Å².